The molecule has 0 aliphatic rings. The van der Waals surface area contributed by atoms with Crippen LogP contribution in [0.25, 0.3) is 0 Å². The highest BCUT2D eigenvalue weighted by atomic mass is 35.5. The average Bonchev–Trinajstić information content (AvgIpc) is 2.80. The zero-order chi connectivity index (χ0) is 11.4. The number of nitrogens with zero attached hydrogens (tertiary/aromatic N) is 2. The van der Waals surface area contributed by atoms with Crippen LogP contribution in [-0.2, 0) is 6.54 Å². The molecule has 0 unspecified atom stereocenters. The maximum Gasteiger partial charge on any atom is 0.253 e. The first kappa shape index (κ1) is 11.0. The van der Waals surface area contributed by atoms with E-state index in [9.17, 15) is 4.79 Å². The van der Waals surface area contributed by atoms with Crippen molar-refractivity contribution in [1.82, 2.24) is 15.3 Å². The van der Waals surface area contributed by atoms with Gasteiger partial charge in [-0.3, -0.25) is 4.79 Å². The van der Waals surface area contributed by atoms with Gasteiger partial charge in [0.1, 0.15) is 5.15 Å². The summed E-state index contributed by atoms with van der Waals surface area (Å²) >= 11 is 7.12. The van der Waals surface area contributed by atoms with E-state index in [1.165, 1.54) is 17.5 Å². The van der Waals surface area contributed by atoms with Gasteiger partial charge < -0.3 is 5.32 Å². The SMILES string of the molecule is O=C(NCc1cscn1)c1ccc(Cl)nc1. The highest BCUT2D eigenvalue weighted by Gasteiger charge is 2.05. The van der Waals surface area contributed by atoms with Crippen molar-refractivity contribution in [1.29, 1.82) is 0 Å². The maximum absolute atomic E-state index is 11.6. The number of amides is 1. The highest BCUT2D eigenvalue weighted by molar-refractivity contribution is 7.07. The first-order chi connectivity index (χ1) is 7.75. The molecule has 1 amide bonds. The molecule has 16 heavy (non-hydrogen) atoms. The Morgan fingerprint density at radius 2 is 2.31 bits per heavy atom. The summed E-state index contributed by atoms with van der Waals surface area (Å²) in [5.74, 6) is -0.183. The Bertz CT molecular complexity index is 469. The van der Waals surface area contributed by atoms with Crippen LogP contribution in [0.15, 0.2) is 29.2 Å². The summed E-state index contributed by atoms with van der Waals surface area (Å²) in [6.45, 7) is 0.422. The number of aromatic nitrogens is 2. The Balaban J connectivity index is 1.95. The van der Waals surface area contributed by atoms with Gasteiger partial charge in [-0.1, -0.05) is 11.6 Å². The molecule has 0 aliphatic carbocycles. The van der Waals surface area contributed by atoms with E-state index in [-0.39, 0.29) is 5.91 Å². The van der Waals surface area contributed by atoms with Crippen molar-refractivity contribution >= 4 is 28.8 Å². The van der Waals surface area contributed by atoms with E-state index in [1.54, 1.807) is 17.6 Å². The minimum atomic E-state index is -0.183. The molecule has 2 aromatic rings. The fourth-order valence-corrected chi connectivity index (χ4v) is 1.78. The first-order valence-electron chi connectivity index (χ1n) is 4.52. The third-order valence-corrected chi connectivity index (χ3v) is 2.76. The van der Waals surface area contributed by atoms with Crippen LogP contribution in [0.5, 0.6) is 0 Å². The van der Waals surface area contributed by atoms with Gasteiger partial charge in [-0.15, -0.1) is 11.3 Å². The maximum atomic E-state index is 11.6. The molecule has 4 nitrogen and oxygen atoms in total. The lowest BCUT2D eigenvalue weighted by Crippen LogP contribution is -2.22. The highest BCUT2D eigenvalue weighted by Crippen LogP contribution is 2.05. The van der Waals surface area contributed by atoms with Gasteiger partial charge in [0, 0.05) is 11.6 Å². The van der Waals surface area contributed by atoms with E-state index in [1.807, 2.05) is 5.38 Å². The van der Waals surface area contributed by atoms with E-state index in [0.29, 0.717) is 17.3 Å². The van der Waals surface area contributed by atoms with Crippen molar-refractivity contribution in [3.8, 4) is 0 Å². The predicted octanol–water partition coefficient (Wildman–Crippen LogP) is 2.12. The second-order valence-electron chi connectivity index (χ2n) is 3.03. The monoisotopic (exact) mass is 253 g/mol. The lowest BCUT2D eigenvalue weighted by Gasteiger charge is -2.02. The van der Waals surface area contributed by atoms with Crippen LogP contribution >= 0.6 is 22.9 Å². The fraction of sp³-hybridized carbons (Fsp3) is 0.100. The van der Waals surface area contributed by atoms with Gasteiger partial charge in [0.15, 0.2) is 0 Å². The number of carbonyl (C=O) groups excluding carboxylic acids is 1. The number of carbonyl (C=O) groups is 1. The molecule has 0 saturated heterocycles. The third kappa shape index (κ3) is 2.77. The predicted molar refractivity (Wildman–Crippen MR) is 62.5 cm³/mol. The van der Waals surface area contributed by atoms with E-state index in [0.717, 1.165) is 5.69 Å². The molecule has 0 atom stereocenters. The summed E-state index contributed by atoms with van der Waals surface area (Å²) < 4.78 is 0. The molecule has 6 heteroatoms. The molecule has 0 aliphatic heterocycles. The Kier molecular flexibility index (Phi) is 3.48. The summed E-state index contributed by atoms with van der Waals surface area (Å²) in [5.41, 5.74) is 3.06. The van der Waals surface area contributed by atoms with Gasteiger partial charge in [-0.25, -0.2) is 9.97 Å². The van der Waals surface area contributed by atoms with Crippen LogP contribution in [0.2, 0.25) is 5.15 Å². The van der Waals surface area contributed by atoms with Crippen molar-refractivity contribution in [3.05, 3.63) is 45.6 Å². The zero-order valence-electron chi connectivity index (χ0n) is 8.18. The number of halogens is 1. The minimum Gasteiger partial charge on any atom is -0.346 e. The van der Waals surface area contributed by atoms with Gasteiger partial charge in [-0.2, -0.15) is 0 Å². The summed E-state index contributed by atoms with van der Waals surface area (Å²) in [4.78, 5) is 19.5. The molecule has 82 valence electrons. The lowest BCUT2D eigenvalue weighted by atomic mass is 10.2. The molecule has 2 rings (SSSR count). The largest absolute Gasteiger partial charge is 0.346 e. The normalized spacial score (nSPS) is 10.1. The number of rotatable bonds is 3. The number of nitrogens with one attached hydrogen (secondary N) is 1. The van der Waals surface area contributed by atoms with Gasteiger partial charge in [0.2, 0.25) is 0 Å². The molecule has 0 spiro atoms. The van der Waals surface area contributed by atoms with Crippen LogP contribution < -0.4 is 5.32 Å². The van der Waals surface area contributed by atoms with Gasteiger partial charge in [0.05, 0.1) is 23.3 Å². The molecule has 0 aromatic carbocycles. The van der Waals surface area contributed by atoms with Crippen molar-refractivity contribution in [2.75, 3.05) is 0 Å². The van der Waals surface area contributed by atoms with Crippen LogP contribution in [0, 0.1) is 0 Å². The Labute approximate surface area is 101 Å². The number of hydrogen-bond donors (Lipinski definition) is 1. The third-order valence-electron chi connectivity index (χ3n) is 1.90. The van der Waals surface area contributed by atoms with Crippen LogP contribution in [-0.4, -0.2) is 15.9 Å². The Hall–Kier alpha value is -1.46. The Morgan fingerprint density at radius 1 is 1.44 bits per heavy atom. The summed E-state index contributed by atoms with van der Waals surface area (Å²) in [5, 5.41) is 5.00. The molecule has 0 fully saturated rings. The molecular weight excluding hydrogens is 246 g/mol. The molecule has 2 aromatic heterocycles. The molecule has 0 saturated carbocycles. The van der Waals surface area contributed by atoms with E-state index in [4.69, 9.17) is 11.6 Å². The number of pyridine rings is 1. The average molecular weight is 254 g/mol. The number of thiazole rings is 1. The molecule has 0 radical (unpaired) electrons. The van der Waals surface area contributed by atoms with Crippen LogP contribution in [0.4, 0.5) is 0 Å². The summed E-state index contributed by atoms with van der Waals surface area (Å²) in [6, 6.07) is 3.21. The van der Waals surface area contributed by atoms with Crippen LogP contribution in [0.3, 0.4) is 0 Å². The minimum absolute atomic E-state index is 0.183. The van der Waals surface area contributed by atoms with Gasteiger partial charge in [0.25, 0.3) is 5.91 Å². The molecule has 1 N–H and O–H groups in total. The van der Waals surface area contributed by atoms with Crippen molar-refractivity contribution in [2.24, 2.45) is 0 Å². The van der Waals surface area contributed by atoms with Crippen molar-refractivity contribution < 1.29 is 4.79 Å². The smallest absolute Gasteiger partial charge is 0.253 e. The number of hydrogen-bond acceptors (Lipinski definition) is 4. The van der Waals surface area contributed by atoms with Crippen molar-refractivity contribution in [2.45, 2.75) is 6.54 Å². The summed E-state index contributed by atoms with van der Waals surface area (Å²) in [6.07, 6.45) is 1.44. The lowest BCUT2D eigenvalue weighted by molar-refractivity contribution is 0.0950. The quantitative estimate of drug-likeness (QED) is 0.853. The zero-order valence-corrected chi connectivity index (χ0v) is 9.76. The summed E-state index contributed by atoms with van der Waals surface area (Å²) in [7, 11) is 0. The Morgan fingerprint density at radius 3 is 2.94 bits per heavy atom. The second kappa shape index (κ2) is 5.05. The van der Waals surface area contributed by atoms with E-state index >= 15 is 0 Å². The van der Waals surface area contributed by atoms with Gasteiger partial charge >= 0.3 is 0 Å². The van der Waals surface area contributed by atoms with E-state index < -0.39 is 0 Å². The fourth-order valence-electron chi connectivity index (χ4n) is 1.11. The van der Waals surface area contributed by atoms with E-state index in [2.05, 4.69) is 15.3 Å². The van der Waals surface area contributed by atoms with Gasteiger partial charge in [-0.05, 0) is 12.1 Å². The van der Waals surface area contributed by atoms with Crippen molar-refractivity contribution in [3.63, 3.8) is 0 Å². The standard InChI is InChI=1S/C10H8ClN3OS/c11-9-2-1-7(3-12-9)10(15)13-4-8-5-16-6-14-8/h1-3,5-6H,4H2,(H,13,15). The second-order valence-corrected chi connectivity index (χ2v) is 4.14. The van der Waals surface area contributed by atoms with Crippen LogP contribution in [0.1, 0.15) is 16.1 Å². The molecule has 0 bridgehead atoms. The topological polar surface area (TPSA) is 54.9 Å². The molecular formula is C10H8ClN3OS. The molecule has 2 heterocycles. The first-order valence-corrected chi connectivity index (χ1v) is 5.84.